The van der Waals surface area contributed by atoms with Crippen molar-refractivity contribution in [3.8, 4) is 0 Å². The van der Waals surface area contributed by atoms with Crippen molar-refractivity contribution in [1.82, 2.24) is 0 Å². The van der Waals surface area contributed by atoms with Crippen LogP contribution in [0.15, 0.2) is 4.99 Å². The first-order valence-electron chi connectivity index (χ1n) is 2.95. The third-order valence-electron chi connectivity index (χ3n) is 0.752. The average molecular weight is 196 g/mol. The predicted molar refractivity (Wildman–Crippen MR) is 45.8 cm³/mol. The van der Waals surface area contributed by atoms with Crippen LogP contribution >= 0.6 is 11.8 Å². The van der Waals surface area contributed by atoms with Gasteiger partial charge in [0.2, 0.25) is 0 Å². The molecule has 66 valence electrons. The van der Waals surface area contributed by atoms with Crippen molar-refractivity contribution in [2.45, 2.75) is 19.9 Å². The fraction of sp³-hybridized carbons (Fsp3) is 0.800. The van der Waals surface area contributed by atoms with E-state index >= 15 is 0 Å². The molecule has 0 saturated carbocycles. The molecule has 0 fully saturated rings. The summed E-state index contributed by atoms with van der Waals surface area (Å²) in [6.07, 6.45) is 1.51. The van der Waals surface area contributed by atoms with Gasteiger partial charge in [-0.3, -0.25) is 4.99 Å². The molecule has 0 amide bonds. The van der Waals surface area contributed by atoms with E-state index in [1.165, 1.54) is 6.26 Å². The van der Waals surface area contributed by atoms with Gasteiger partial charge in [0.1, 0.15) is 10.1 Å². The lowest BCUT2D eigenvalue weighted by molar-refractivity contribution is 0.478. The van der Waals surface area contributed by atoms with Crippen molar-refractivity contribution in [3.63, 3.8) is 0 Å². The van der Waals surface area contributed by atoms with Crippen LogP contribution in [-0.2, 0) is 10.1 Å². The highest BCUT2D eigenvalue weighted by Crippen LogP contribution is 2.06. The molecule has 0 aromatic heterocycles. The zero-order chi connectivity index (χ0) is 9.07. The van der Waals surface area contributed by atoms with E-state index in [0.29, 0.717) is 0 Å². The fourth-order valence-corrected chi connectivity index (χ4v) is 1.90. The van der Waals surface area contributed by atoms with Gasteiger partial charge in [-0.15, -0.1) is 0 Å². The van der Waals surface area contributed by atoms with Gasteiger partial charge in [0, 0.05) is 6.04 Å². The third-order valence-corrected chi connectivity index (χ3v) is 2.85. The maximum Gasteiger partial charge on any atom is 0.171 e. The summed E-state index contributed by atoms with van der Waals surface area (Å²) in [5.74, 6) is 0. The minimum Gasteiger partial charge on any atom is -0.742 e. The molecule has 0 rings (SSSR count). The largest absolute Gasteiger partial charge is 0.742 e. The smallest absolute Gasteiger partial charge is 0.171 e. The Bertz CT molecular complexity index is 242. The highest BCUT2D eigenvalue weighted by molar-refractivity contribution is 8.33. The lowest BCUT2D eigenvalue weighted by atomic mass is 10.4. The number of rotatable bonds is 1. The minimum atomic E-state index is -4.35. The second-order valence-corrected chi connectivity index (χ2v) is 4.50. The maximum absolute atomic E-state index is 10.4. The van der Waals surface area contributed by atoms with Crippen LogP contribution < -0.4 is 0 Å². The van der Waals surface area contributed by atoms with Crippen molar-refractivity contribution in [2.75, 3.05) is 6.26 Å². The molecule has 0 aliphatic rings. The molecule has 0 unspecified atom stereocenters. The molecule has 11 heavy (non-hydrogen) atoms. The fourth-order valence-electron chi connectivity index (χ4n) is 0.430. The van der Waals surface area contributed by atoms with E-state index in [4.69, 9.17) is 0 Å². The molecule has 0 aliphatic heterocycles. The van der Waals surface area contributed by atoms with Crippen molar-refractivity contribution < 1.29 is 13.0 Å². The summed E-state index contributed by atoms with van der Waals surface area (Å²) in [6, 6.07) is -0.166. The molecule has 4 nitrogen and oxygen atoms in total. The molecule has 0 bridgehead atoms. The van der Waals surface area contributed by atoms with E-state index in [1.807, 2.05) is 0 Å². The van der Waals surface area contributed by atoms with Gasteiger partial charge in [-0.2, -0.15) is 0 Å². The minimum absolute atomic E-state index is 0.166. The number of hydrogen-bond donors (Lipinski definition) is 0. The molecule has 6 heteroatoms. The van der Waals surface area contributed by atoms with E-state index in [1.54, 1.807) is 13.8 Å². The Kier molecular flexibility index (Phi) is 4.05. The molecule has 0 aromatic rings. The maximum atomic E-state index is 10.4. The van der Waals surface area contributed by atoms with Crippen LogP contribution in [0.4, 0.5) is 0 Å². The molecule has 0 aromatic carbocycles. The summed E-state index contributed by atoms with van der Waals surface area (Å²) >= 11 is 0.855. The van der Waals surface area contributed by atoms with Crippen LogP contribution in [0.1, 0.15) is 13.8 Å². The summed E-state index contributed by atoms with van der Waals surface area (Å²) in [4.78, 5) is 3.65. The second kappa shape index (κ2) is 4.08. The van der Waals surface area contributed by atoms with E-state index in [9.17, 15) is 13.0 Å². The Labute approximate surface area is 70.8 Å². The highest BCUT2D eigenvalue weighted by Gasteiger charge is 2.05. The lowest BCUT2D eigenvalue weighted by Crippen LogP contribution is -2.11. The van der Waals surface area contributed by atoms with Crippen LogP contribution in [0.5, 0.6) is 0 Å². The molecular weight excluding hydrogens is 186 g/mol. The summed E-state index contributed by atoms with van der Waals surface area (Å²) in [7, 11) is -4.35. The first-order valence-corrected chi connectivity index (χ1v) is 5.59. The van der Waals surface area contributed by atoms with Crippen molar-refractivity contribution in [3.05, 3.63) is 0 Å². The van der Waals surface area contributed by atoms with Gasteiger partial charge in [-0.05, 0) is 20.1 Å². The van der Waals surface area contributed by atoms with Gasteiger partial charge in [0.25, 0.3) is 0 Å². The normalized spacial score (nSPS) is 14.1. The standard InChI is InChI=1S/C5H11NO3S2/c1-4(2)6-5(10-3)11(7,8)9/h4H,1-3H3,(H,7,8,9)/p-1. The molecular formula is C5H10NO3S2-. The Balaban J connectivity index is 4.70. The van der Waals surface area contributed by atoms with Gasteiger partial charge in [-0.25, -0.2) is 8.42 Å². The molecule has 0 spiro atoms. The van der Waals surface area contributed by atoms with Crippen molar-refractivity contribution >= 4 is 26.3 Å². The van der Waals surface area contributed by atoms with E-state index in [-0.39, 0.29) is 10.4 Å². The summed E-state index contributed by atoms with van der Waals surface area (Å²) < 4.78 is 30.8. The van der Waals surface area contributed by atoms with Gasteiger partial charge < -0.3 is 4.55 Å². The van der Waals surface area contributed by atoms with Crippen LogP contribution in [-0.4, -0.2) is 29.6 Å². The van der Waals surface area contributed by atoms with Crippen LogP contribution in [0.2, 0.25) is 0 Å². The molecule has 0 heterocycles. The number of thioether (sulfide) groups is 1. The first-order chi connectivity index (χ1) is 4.88. The number of nitrogens with zero attached hydrogens (tertiary/aromatic N) is 1. The summed E-state index contributed by atoms with van der Waals surface area (Å²) in [6.45, 7) is 3.42. The number of hydrogen-bond acceptors (Lipinski definition) is 5. The van der Waals surface area contributed by atoms with Gasteiger partial charge in [0.05, 0.1) is 0 Å². The molecule has 0 atom stereocenters. The molecule has 0 N–H and O–H groups in total. The number of aliphatic imine (C=N–C) groups is 1. The zero-order valence-electron chi connectivity index (χ0n) is 6.57. The summed E-state index contributed by atoms with van der Waals surface area (Å²) in [5.41, 5.74) is 0. The Morgan fingerprint density at radius 2 is 2.00 bits per heavy atom. The van der Waals surface area contributed by atoms with Gasteiger partial charge in [0.15, 0.2) is 4.38 Å². The van der Waals surface area contributed by atoms with Crippen LogP contribution in [0, 0.1) is 0 Å². The van der Waals surface area contributed by atoms with Gasteiger partial charge in [-0.1, -0.05) is 11.8 Å². The van der Waals surface area contributed by atoms with Crippen molar-refractivity contribution in [2.24, 2.45) is 4.99 Å². The molecule has 0 saturated heterocycles. The monoisotopic (exact) mass is 196 g/mol. The quantitative estimate of drug-likeness (QED) is 0.351. The van der Waals surface area contributed by atoms with E-state index in [2.05, 4.69) is 4.99 Å². The Morgan fingerprint density at radius 3 is 2.09 bits per heavy atom. The Morgan fingerprint density at radius 1 is 1.55 bits per heavy atom. The lowest BCUT2D eigenvalue weighted by Gasteiger charge is -2.08. The van der Waals surface area contributed by atoms with Crippen molar-refractivity contribution in [1.29, 1.82) is 0 Å². The van der Waals surface area contributed by atoms with Crippen LogP contribution in [0.25, 0.3) is 0 Å². The van der Waals surface area contributed by atoms with Gasteiger partial charge >= 0.3 is 0 Å². The van der Waals surface area contributed by atoms with E-state index < -0.39 is 10.1 Å². The second-order valence-electron chi connectivity index (χ2n) is 2.15. The summed E-state index contributed by atoms with van der Waals surface area (Å²) in [5, 5.41) is 0. The topological polar surface area (TPSA) is 69.6 Å². The zero-order valence-corrected chi connectivity index (χ0v) is 8.20. The molecule has 0 aliphatic carbocycles. The third kappa shape index (κ3) is 4.39. The SMILES string of the molecule is CSC(=NC(C)C)S(=O)(=O)[O-]. The van der Waals surface area contributed by atoms with E-state index in [0.717, 1.165) is 11.8 Å². The predicted octanol–water partition coefficient (Wildman–Crippen LogP) is 0.659. The van der Waals surface area contributed by atoms with Crippen LogP contribution in [0.3, 0.4) is 0 Å². The molecule has 0 radical (unpaired) electrons. The Hall–Kier alpha value is -0.0700. The average Bonchev–Trinajstić information content (AvgIpc) is 1.79. The highest BCUT2D eigenvalue weighted by atomic mass is 32.3. The first kappa shape index (κ1) is 10.9.